The standard InChI is InChI=1S/C23H36O4/c1-5-18-7-6-12-23(27,14-11-21(25)26)16(2)8-9-20(18)22(4)13-10-19(24)15-17(22)3/h5,15-16,18,20,27H,1,6-14H2,2-4H3,(H,25,26)/t16-,18?,20?,22?,23-/m1/s1. The van der Waals surface area contributed by atoms with Gasteiger partial charge in [0.25, 0.3) is 0 Å². The fourth-order valence-corrected chi connectivity index (χ4v) is 5.31. The van der Waals surface area contributed by atoms with Crippen LogP contribution in [0.4, 0.5) is 0 Å². The number of carboxylic acid groups (broad SMARTS) is 1. The minimum absolute atomic E-state index is 0.0107. The van der Waals surface area contributed by atoms with E-state index in [0.717, 1.165) is 32.1 Å². The number of carboxylic acids is 1. The first-order valence-electron chi connectivity index (χ1n) is 10.4. The van der Waals surface area contributed by atoms with Gasteiger partial charge >= 0.3 is 5.97 Å². The van der Waals surface area contributed by atoms with Crippen molar-refractivity contribution in [1.82, 2.24) is 0 Å². The zero-order valence-electron chi connectivity index (χ0n) is 17.2. The number of hydrogen-bond donors (Lipinski definition) is 2. The van der Waals surface area contributed by atoms with E-state index in [9.17, 15) is 14.7 Å². The molecular weight excluding hydrogens is 340 g/mol. The highest BCUT2D eigenvalue weighted by atomic mass is 16.4. The van der Waals surface area contributed by atoms with Crippen molar-refractivity contribution in [1.29, 1.82) is 0 Å². The van der Waals surface area contributed by atoms with E-state index in [4.69, 9.17) is 5.11 Å². The van der Waals surface area contributed by atoms with Crippen LogP contribution in [0.3, 0.4) is 0 Å². The summed E-state index contributed by atoms with van der Waals surface area (Å²) in [5.41, 5.74) is 0.243. The lowest BCUT2D eigenvalue weighted by atomic mass is 9.60. The molecule has 27 heavy (non-hydrogen) atoms. The van der Waals surface area contributed by atoms with E-state index in [-0.39, 0.29) is 23.5 Å². The first kappa shape index (κ1) is 21.9. The Morgan fingerprint density at radius 2 is 2.04 bits per heavy atom. The number of aliphatic carboxylic acids is 1. The SMILES string of the molecule is C=CC1CCC[C@@](O)(CCC(=O)O)[C@H](C)CCC1C1(C)CCC(=O)C=C1C. The molecule has 2 N–H and O–H groups in total. The Morgan fingerprint density at radius 1 is 1.33 bits per heavy atom. The molecule has 0 radical (unpaired) electrons. The van der Waals surface area contributed by atoms with Crippen molar-refractivity contribution in [2.45, 2.75) is 84.2 Å². The molecular formula is C23H36O4. The summed E-state index contributed by atoms with van der Waals surface area (Å²) < 4.78 is 0. The van der Waals surface area contributed by atoms with Crippen molar-refractivity contribution in [2.75, 3.05) is 0 Å². The number of carbonyl (C=O) groups excluding carboxylic acids is 1. The van der Waals surface area contributed by atoms with Crippen molar-refractivity contribution in [3.63, 3.8) is 0 Å². The monoisotopic (exact) mass is 376 g/mol. The average Bonchev–Trinajstić information content (AvgIpc) is 2.67. The first-order valence-corrected chi connectivity index (χ1v) is 10.4. The Balaban J connectivity index is 2.26. The highest BCUT2D eigenvalue weighted by Crippen LogP contribution is 2.51. The minimum atomic E-state index is -0.909. The molecule has 2 rings (SSSR count). The smallest absolute Gasteiger partial charge is 0.303 e. The predicted molar refractivity (Wildman–Crippen MR) is 107 cm³/mol. The van der Waals surface area contributed by atoms with Gasteiger partial charge < -0.3 is 10.2 Å². The number of carbonyl (C=O) groups is 2. The lowest BCUT2D eigenvalue weighted by Crippen LogP contribution is -2.38. The fourth-order valence-electron chi connectivity index (χ4n) is 5.31. The third-order valence-corrected chi connectivity index (χ3v) is 7.55. The van der Waals surface area contributed by atoms with Crippen LogP contribution in [0.5, 0.6) is 0 Å². The van der Waals surface area contributed by atoms with Gasteiger partial charge in [-0.05, 0) is 81.1 Å². The molecule has 0 aromatic carbocycles. The molecule has 4 nitrogen and oxygen atoms in total. The molecule has 1 fully saturated rings. The van der Waals surface area contributed by atoms with Gasteiger partial charge in [-0.3, -0.25) is 9.59 Å². The lowest BCUT2D eigenvalue weighted by molar-refractivity contribution is -0.139. The molecule has 3 unspecified atom stereocenters. The van der Waals surface area contributed by atoms with Gasteiger partial charge in [-0.1, -0.05) is 25.5 Å². The van der Waals surface area contributed by atoms with Crippen molar-refractivity contribution < 1.29 is 19.8 Å². The van der Waals surface area contributed by atoms with E-state index in [1.165, 1.54) is 5.57 Å². The van der Waals surface area contributed by atoms with Crippen LogP contribution in [-0.2, 0) is 9.59 Å². The Hall–Kier alpha value is -1.42. The van der Waals surface area contributed by atoms with Gasteiger partial charge in [0.2, 0.25) is 0 Å². The zero-order chi connectivity index (χ0) is 20.2. The molecule has 1 saturated carbocycles. The summed E-state index contributed by atoms with van der Waals surface area (Å²) in [6.07, 6.45) is 9.97. The van der Waals surface area contributed by atoms with Gasteiger partial charge in [0.15, 0.2) is 5.78 Å². The number of allylic oxidation sites excluding steroid dienone is 3. The number of hydrogen-bond acceptors (Lipinski definition) is 3. The highest BCUT2D eigenvalue weighted by molar-refractivity contribution is 5.91. The normalized spacial score (nSPS) is 38.3. The molecule has 2 aliphatic carbocycles. The fraction of sp³-hybridized carbons (Fsp3) is 0.739. The molecule has 0 aromatic rings. The number of ketones is 1. The molecule has 0 amide bonds. The molecule has 0 bridgehead atoms. The van der Waals surface area contributed by atoms with Crippen molar-refractivity contribution in [2.24, 2.45) is 23.2 Å². The molecule has 0 aromatic heterocycles. The van der Waals surface area contributed by atoms with E-state index < -0.39 is 11.6 Å². The average molecular weight is 377 g/mol. The topological polar surface area (TPSA) is 74.6 Å². The van der Waals surface area contributed by atoms with Gasteiger partial charge in [-0.25, -0.2) is 0 Å². The second-order valence-corrected chi connectivity index (χ2v) is 9.09. The van der Waals surface area contributed by atoms with Crippen LogP contribution in [0.1, 0.15) is 78.6 Å². The first-order chi connectivity index (χ1) is 12.6. The van der Waals surface area contributed by atoms with Crippen LogP contribution in [0.25, 0.3) is 0 Å². The van der Waals surface area contributed by atoms with Crippen LogP contribution in [0.15, 0.2) is 24.3 Å². The van der Waals surface area contributed by atoms with Gasteiger partial charge in [0.1, 0.15) is 0 Å². The Bertz CT molecular complexity index is 607. The Kier molecular flexibility index (Phi) is 7.07. The summed E-state index contributed by atoms with van der Waals surface area (Å²) in [5.74, 6) is 0.169. The summed E-state index contributed by atoms with van der Waals surface area (Å²) >= 11 is 0. The molecule has 0 aliphatic heterocycles. The van der Waals surface area contributed by atoms with E-state index in [1.54, 1.807) is 0 Å². The maximum atomic E-state index is 11.9. The third kappa shape index (κ3) is 4.90. The second kappa shape index (κ2) is 8.72. The van der Waals surface area contributed by atoms with E-state index in [2.05, 4.69) is 33.4 Å². The van der Waals surface area contributed by atoms with Gasteiger partial charge in [0, 0.05) is 12.8 Å². The van der Waals surface area contributed by atoms with Crippen molar-refractivity contribution >= 4 is 11.8 Å². The van der Waals surface area contributed by atoms with E-state index in [1.807, 2.05) is 6.08 Å². The molecule has 152 valence electrons. The summed E-state index contributed by atoms with van der Waals surface area (Å²) in [6, 6.07) is 0. The number of aliphatic hydroxyl groups is 1. The molecule has 0 saturated heterocycles. The summed E-state index contributed by atoms with van der Waals surface area (Å²) in [4.78, 5) is 22.9. The van der Waals surface area contributed by atoms with Crippen LogP contribution < -0.4 is 0 Å². The third-order valence-electron chi connectivity index (χ3n) is 7.55. The Morgan fingerprint density at radius 3 is 2.63 bits per heavy atom. The molecule has 5 atom stereocenters. The van der Waals surface area contributed by atoms with Crippen LogP contribution in [0.2, 0.25) is 0 Å². The van der Waals surface area contributed by atoms with Gasteiger partial charge in [-0.15, -0.1) is 6.58 Å². The minimum Gasteiger partial charge on any atom is -0.481 e. The maximum absolute atomic E-state index is 11.9. The van der Waals surface area contributed by atoms with E-state index >= 15 is 0 Å². The largest absolute Gasteiger partial charge is 0.481 e. The summed E-state index contributed by atoms with van der Waals surface area (Å²) in [5, 5.41) is 20.2. The summed E-state index contributed by atoms with van der Waals surface area (Å²) in [7, 11) is 0. The Labute approximate surface area is 163 Å². The molecule has 0 spiro atoms. The van der Waals surface area contributed by atoms with Crippen LogP contribution in [0, 0.1) is 23.2 Å². The van der Waals surface area contributed by atoms with Crippen LogP contribution in [-0.4, -0.2) is 27.6 Å². The van der Waals surface area contributed by atoms with Crippen LogP contribution >= 0.6 is 0 Å². The van der Waals surface area contributed by atoms with Crippen molar-refractivity contribution in [3.8, 4) is 0 Å². The summed E-state index contributed by atoms with van der Waals surface area (Å²) in [6.45, 7) is 10.5. The molecule has 4 heteroatoms. The lowest BCUT2D eigenvalue weighted by Gasteiger charge is -2.44. The van der Waals surface area contributed by atoms with Gasteiger partial charge in [-0.2, -0.15) is 0 Å². The van der Waals surface area contributed by atoms with Gasteiger partial charge in [0.05, 0.1) is 5.60 Å². The zero-order valence-corrected chi connectivity index (χ0v) is 17.2. The quantitative estimate of drug-likeness (QED) is 0.668. The second-order valence-electron chi connectivity index (χ2n) is 9.09. The van der Waals surface area contributed by atoms with E-state index in [0.29, 0.717) is 31.1 Å². The highest BCUT2D eigenvalue weighted by Gasteiger charge is 2.43. The maximum Gasteiger partial charge on any atom is 0.303 e. The molecule has 2 aliphatic rings. The molecule has 0 heterocycles. The predicted octanol–water partition coefficient (Wildman–Crippen LogP) is 4.92. The van der Waals surface area contributed by atoms with Crippen molar-refractivity contribution in [3.05, 3.63) is 24.3 Å². The number of rotatable bonds is 5.